The number of carbonyl (C=O) groups excluding carboxylic acids is 1. The number of nitrogens with two attached hydrogens (primary N) is 1. The average Bonchev–Trinajstić information content (AvgIpc) is 3.32. The summed E-state index contributed by atoms with van der Waals surface area (Å²) in [7, 11) is -4.20. The lowest BCUT2D eigenvalue weighted by atomic mass is 9.54. The number of anilines is 1. The standard InChI is InChI=1S/C26H31N6O6P/c1-6-26(17(4)22(20(26)12-33)32-15-30-21-23(27)28-14-29-24(21)32)13-36-39(35,38-19-10-8-7-9-11-19)31-18(5)25(34)37-16(2)3/h1,7-11,14-16,18,20,22,33H,4,12-13H2,2-3,5H3,(H,31,35)(H2,27,28,29)/t18?,20-,22+,26-,39?/m0/s1. The molecule has 0 aliphatic heterocycles. The Hall–Kier alpha value is -3.75. The van der Waals surface area contributed by atoms with Crippen LogP contribution in [0.5, 0.6) is 5.75 Å². The minimum absolute atomic E-state index is 0.214. The molecule has 0 spiro atoms. The van der Waals surface area contributed by atoms with Gasteiger partial charge in [0.1, 0.15) is 23.6 Å². The number of imidazole rings is 1. The maximum absolute atomic E-state index is 13.9. The fourth-order valence-electron chi connectivity index (χ4n) is 4.57. The van der Waals surface area contributed by atoms with E-state index in [2.05, 4.69) is 32.5 Å². The third-order valence-electron chi connectivity index (χ3n) is 6.57. The molecule has 1 fully saturated rings. The van der Waals surface area contributed by atoms with Gasteiger partial charge in [-0.3, -0.25) is 9.32 Å². The summed E-state index contributed by atoms with van der Waals surface area (Å²) in [6.45, 7) is 8.40. The van der Waals surface area contributed by atoms with Gasteiger partial charge in [0, 0.05) is 5.92 Å². The van der Waals surface area contributed by atoms with Crippen LogP contribution in [0.3, 0.4) is 0 Å². The average molecular weight is 555 g/mol. The second-order valence-corrected chi connectivity index (χ2v) is 11.2. The zero-order valence-corrected chi connectivity index (χ0v) is 22.7. The van der Waals surface area contributed by atoms with E-state index in [9.17, 15) is 14.5 Å². The molecule has 1 aromatic carbocycles. The molecule has 0 radical (unpaired) electrons. The molecule has 0 amide bonds. The topological polar surface area (TPSA) is 164 Å². The van der Waals surface area contributed by atoms with E-state index >= 15 is 0 Å². The highest BCUT2D eigenvalue weighted by molar-refractivity contribution is 7.52. The molecule has 2 unspecified atom stereocenters. The molecule has 12 nitrogen and oxygen atoms in total. The molecular weight excluding hydrogens is 523 g/mol. The van der Waals surface area contributed by atoms with Crippen molar-refractivity contribution in [3.63, 3.8) is 0 Å². The number of carbonyl (C=O) groups is 1. The van der Waals surface area contributed by atoms with Crippen molar-refractivity contribution in [3.8, 4) is 18.1 Å². The van der Waals surface area contributed by atoms with Crippen LogP contribution in [-0.4, -0.2) is 56.0 Å². The first-order valence-corrected chi connectivity index (χ1v) is 13.8. The Morgan fingerprint density at radius 2 is 2.03 bits per heavy atom. The van der Waals surface area contributed by atoms with Gasteiger partial charge in [-0.15, -0.1) is 6.42 Å². The van der Waals surface area contributed by atoms with Crippen LogP contribution in [0.4, 0.5) is 5.82 Å². The number of fused-ring (bicyclic) bond motifs is 1. The number of benzene rings is 1. The van der Waals surface area contributed by atoms with Crippen molar-refractivity contribution in [1.29, 1.82) is 0 Å². The van der Waals surface area contributed by atoms with Crippen LogP contribution in [-0.2, 0) is 18.6 Å². The number of hydrogen-bond acceptors (Lipinski definition) is 10. The lowest BCUT2D eigenvalue weighted by Gasteiger charge is -2.53. The molecule has 4 rings (SSSR count). The summed E-state index contributed by atoms with van der Waals surface area (Å²) in [5.41, 5.74) is 6.08. The Morgan fingerprint density at radius 3 is 2.67 bits per heavy atom. The Bertz CT molecular complexity index is 1450. The van der Waals surface area contributed by atoms with Crippen LogP contribution in [0, 0.1) is 23.7 Å². The fourth-order valence-corrected chi connectivity index (χ4v) is 6.10. The number of aromatic nitrogens is 4. The summed E-state index contributed by atoms with van der Waals surface area (Å²) in [5.74, 6) is 1.91. The molecule has 5 atom stereocenters. The maximum Gasteiger partial charge on any atom is 0.459 e. The van der Waals surface area contributed by atoms with E-state index in [1.54, 1.807) is 48.7 Å². The Labute approximate surface area is 226 Å². The molecule has 39 heavy (non-hydrogen) atoms. The Kier molecular flexibility index (Phi) is 8.09. The van der Waals surface area contributed by atoms with Gasteiger partial charge in [0.15, 0.2) is 11.5 Å². The summed E-state index contributed by atoms with van der Waals surface area (Å²) in [6, 6.07) is 6.84. The predicted octanol–water partition coefficient (Wildman–Crippen LogP) is 2.88. The summed E-state index contributed by atoms with van der Waals surface area (Å²) >= 11 is 0. The second kappa shape index (κ2) is 11.2. The summed E-state index contributed by atoms with van der Waals surface area (Å²) in [4.78, 5) is 24.9. The minimum Gasteiger partial charge on any atom is -0.462 e. The molecule has 1 saturated carbocycles. The second-order valence-electron chi connectivity index (χ2n) is 9.47. The molecular formula is C26H31N6O6P. The molecule has 0 bridgehead atoms. The number of aliphatic hydroxyl groups is 1. The van der Waals surface area contributed by atoms with Crippen molar-refractivity contribution < 1.29 is 28.3 Å². The number of nitrogens with one attached hydrogen (secondary N) is 1. The summed E-state index contributed by atoms with van der Waals surface area (Å²) < 4.78 is 32.5. The fraction of sp³-hybridized carbons (Fsp3) is 0.385. The molecule has 2 heterocycles. The predicted molar refractivity (Wildman–Crippen MR) is 144 cm³/mol. The SMILES string of the molecule is C#C[C@]1(COP(=O)(NC(C)C(=O)OC(C)C)Oc2ccccc2)C(=C)[C@@H](n2cnc3c(N)ncnc32)[C@@H]1CO. The third kappa shape index (κ3) is 5.40. The summed E-state index contributed by atoms with van der Waals surface area (Å²) in [5, 5.41) is 13.0. The number of esters is 1. The molecule has 1 aliphatic rings. The van der Waals surface area contributed by atoms with Crippen molar-refractivity contribution >= 4 is 30.7 Å². The van der Waals surface area contributed by atoms with Crippen molar-refractivity contribution in [1.82, 2.24) is 24.6 Å². The van der Waals surface area contributed by atoms with E-state index in [0.717, 1.165) is 0 Å². The van der Waals surface area contributed by atoms with E-state index in [4.69, 9.17) is 25.9 Å². The molecule has 206 valence electrons. The van der Waals surface area contributed by atoms with Crippen molar-refractivity contribution in [2.75, 3.05) is 18.9 Å². The van der Waals surface area contributed by atoms with Crippen LogP contribution in [0.2, 0.25) is 0 Å². The quantitative estimate of drug-likeness (QED) is 0.138. The number of nitrogens with zero attached hydrogens (tertiary/aromatic N) is 4. The van der Waals surface area contributed by atoms with Gasteiger partial charge in [-0.05, 0) is 38.5 Å². The number of aliphatic hydroxyl groups excluding tert-OH is 1. The molecule has 4 N–H and O–H groups in total. The van der Waals surface area contributed by atoms with E-state index in [1.807, 2.05) is 0 Å². The first-order valence-electron chi connectivity index (χ1n) is 12.2. The van der Waals surface area contributed by atoms with Gasteiger partial charge in [0.25, 0.3) is 0 Å². The van der Waals surface area contributed by atoms with Crippen LogP contribution in [0.15, 0.2) is 55.1 Å². The van der Waals surface area contributed by atoms with Gasteiger partial charge < -0.3 is 24.7 Å². The first-order chi connectivity index (χ1) is 18.5. The Balaban J connectivity index is 1.60. The molecule has 0 saturated heterocycles. The number of hydrogen-bond donors (Lipinski definition) is 3. The van der Waals surface area contributed by atoms with Gasteiger partial charge >= 0.3 is 13.7 Å². The minimum atomic E-state index is -4.20. The zero-order chi connectivity index (χ0) is 28.4. The monoisotopic (exact) mass is 554 g/mol. The number of para-hydroxylation sites is 1. The highest BCUT2D eigenvalue weighted by Crippen LogP contribution is 2.59. The molecule has 13 heteroatoms. The van der Waals surface area contributed by atoms with Gasteiger partial charge in [-0.2, -0.15) is 5.09 Å². The van der Waals surface area contributed by atoms with Gasteiger partial charge in [0.2, 0.25) is 0 Å². The highest BCUT2D eigenvalue weighted by Gasteiger charge is 2.58. The highest BCUT2D eigenvalue weighted by atomic mass is 31.2. The van der Waals surface area contributed by atoms with Crippen LogP contribution < -0.4 is 15.3 Å². The zero-order valence-electron chi connectivity index (χ0n) is 21.9. The van der Waals surface area contributed by atoms with Crippen LogP contribution in [0.1, 0.15) is 26.8 Å². The van der Waals surface area contributed by atoms with E-state index in [0.29, 0.717) is 16.7 Å². The Morgan fingerprint density at radius 1 is 1.31 bits per heavy atom. The van der Waals surface area contributed by atoms with Gasteiger partial charge in [-0.25, -0.2) is 19.5 Å². The molecule has 3 aromatic rings. The van der Waals surface area contributed by atoms with Crippen molar-refractivity contribution in [3.05, 3.63) is 55.1 Å². The van der Waals surface area contributed by atoms with E-state index < -0.39 is 37.1 Å². The first kappa shape index (κ1) is 28.3. The summed E-state index contributed by atoms with van der Waals surface area (Å²) in [6.07, 6.45) is 8.44. The van der Waals surface area contributed by atoms with Crippen LogP contribution >= 0.6 is 7.75 Å². The molecule has 2 aromatic heterocycles. The van der Waals surface area contributed by atoms with Crippen LogP contribution in [0.25, 0.3) is 11.2 Å². The maximum atomic E-state index is 13.9. The van der Waals surface area contributed by atoms with Crippen molar-refractivity contribution in [2.24, 2.45) is 11.3 Å². The lowest BCUT2D eigenvalue weighted by molar-refractivity contribution is -0.149. The van der Waals surface area contributed by atoms with E-state index in [1.165, 1.54) is 19.6 Å². The van der Waals surface area contributed by atoms with Gasteiger partial charge in [-0.1, -0.05) is 30.7 Å². The number of terminal acetylenes is 1. The lowest BCUT2D eigenvalue weighted by Crippen LogP contribution is -2.54. The number of nitrogen functional groups attached to an aromatic ring is 1. The molecule has 1 aliphatic carbocycles. The smallest absolute Gasteiger partial charge is 0.459 e. The number of ether oxygens (including phenoxy) is 1. The van der Waals surface area contributed by atoms with Crippen molar-refractivity contribution in [2.45, 2.75) is 39.0 Å². The number of rotatable bonds is 11. The van der Waals surface area contributed by atoms with E-state index in [-0.39, 0.29) is 30.9 Å². The normalized spacial score (nSPS) is 23.0. The largest absolute Gasteiger partial charge is 0.462 e. The van der Waals surface area contributed by atoms with Gasteiger partial charge in [0.05, 0.1) is 37.1 Å². The third-order valence-corrected chi connectivity index (χ3v) is 8.20.